The number of ether oxygens (including phenoxy) is 1. The molecule has 0 spiro atoms. The topological polar surface area (TPSA) is 26.3 Å². The molecular weight excluding hydrogens is 152 g/mol. The summed E-state index contributed by atoms with van der Waals surface area (Å²) in [5.41, 5.74) is 0. The van der Waals surface area contributed by atoms with Crippen molar-refractivity contribution < 1.29 is 9.53 Å². The molecule has 0 aromatic rings. The highest BCUT2D eigenvalue weighted by atomic mass is 16.5. The average Bonchev–Trinajstić information content (AvgIpc) is 1.97. The molecule has 12 heavy (non-hydrogen) atoms. The number of hydrogen-bond acceptors (Lipinski definition) is 2. The summed E-state index contributed by atoms with van der Waals surface area (Å²) in [7, 11) is 0. The lowest BCUT2D eigenvalue weighted by Crippen LogP contribution is -2.09. The third kappa shape index (κ3) is 7.14. The van der Waals surface area contributed by atoms with Gasteiger partial charge in [0.15, 0.2) is 6.10 Å². The maximum absolute atomic E-state index is 10.5. The SMILES string of the molecule is CCCCC#C[C@@H](C)OC(C)=O. The standard InChI is InChI=1S/C10H16O2/c1-4-5-6-7-8-9(2)12-10(3)11/h9H,4-6H2,1-3H3/t9-/m1/s1. The van der Waals surface area contributed by atoms with Gasteiger partial charge in [-0.05, 0) is 13.3 Å². The number of hydrogen-bond donors (Lipinski definition) is 0. The Morgan fingerprint density at radius 1 is 1.58 bits per heavy atom. The number of carbonyl (C=O) groups is 1. The van der Waals surface area contributed by atoms with Crippen molar-refractivity contribution in [1.29, 1.82) is 0 Å². The summed E-state index contributed by atoms with van der Waals surface area (Å²) in [5, 5.41) is 0. The predicted molar refractivity (Wildman–Crippen MR) is 48.5 cm³/mol. The van der Waals surface area contributed by atoms with Crippen molar-refractivity contribution in [3.05, 3.63) is 0 Å². The van der Waals surface area contributed by atoms with Crippen LogP contribution in [0.2, 0.25) is 0 Å². The summed E-state index contributed by atoms with van der Waals surface area (Å²) >= 11 is 0. The van der Waals surface area contributed by atoms with Crippen molar-refractivity contribution in [1.82, 2.24) is 0 Å². The monoisotopic (exact) mass is 168 g/mol. The van der Waals surface area contributed by atoms with E-state index in [2.05, 4.69) is 18.8 Å². The largest absolute Gasteiger partial charge is 0.450 e. The van der Waals surface area contributed by atoms with E-state index < -0.39 is 0 Å². The van der Waals surface area contributed by atoms with Crippen LogP contribution in [0.25, 0.3) is 0 Å². The van der Waals surface area contributed by atoms with Crippen LogP contribution in [0.5, 0.6) is 0 Å². The van der Waals surface area contributed by atoms with Gasteiger partial charge in [0.05, 0.1) is 0 Å². The zero-order valence-corrected chi connectivity index (χ0v) is 8.02. The van der Waals surface area contributed by atoms with Gasteiger partial charge in [-0.2, -0.15) is 0 Å². The molecule has 0 aliphatic rings. The van der Waals surface area contributed by atoms with E-state index in [0.717, 1.165) is 19.3 Å². The highest BCUT2D eigenvalue weighted by Crippen LogP contribution is 1.93. The number of rotatable bonds is 3. The van der Waals surface area contributed by atoms with Gasteiger partial charge in [-0.25, -0.2) is 0 Å². The fourth-order valence-electron chi connectivity index (χ4n) is 0.759. The molecule has 0 aromatic heterocycles. The molecule has 68 valence electrons. The Hall–Kier alpha value is -0.970. The first-order valence-electron chi connectivity index (χ1n) is 4.32. The van der Waals surface area contributed by atoms with Crippen LogP contribution in [-0.4, -0.2) is 12.1 Å². The van der Waals surface area contributed by atoms with E-state index in [9.17, 15) is 4.79 Å². The molecule has 0 amide bonds. The van der Waals surface area contributed by atoms with Crippen LogP contribution in [0.1, 0.15) is 40.0 Å². The minimum atomic E-state index is -0.271. The molecule has 0 heterocycles. The molecule has 0 aliphatic carbocycles. The quantitative estimate of drug-likeness (QED) is 0.366. The fourth-order valence-corrected chi connectivity index (χ4v) is 0.759. The Balaban J connectivity index is 3.56. The Morgan fingerprint density at radius 2 is 2.25 bits per heavy atom. The van der Waals surface area contributed by atoms with Gasteiger partial charge in [-0.3, -0.25) is 4.79 Å². The molecule has 0 fully saturated rings. The molecule has 1 atom stereocenters. The second-order valence-electron chi connectivity index (χ2n) is 2.68. The first kappa shape index (κ1) is 11.0. The van der Waals surface area contributed by atoms with Crippen LogP contribution < -0.4 is 0 Å². The van der Waals surface area contributed by atoms with Gasteiger partial charge in [0, 0.05) is 13.3 Å². The number of esters is 1. The van der Waals surface area contributed by atoms with E-state index in [1.165, 1.54) is 6.92 Å². The Bertz CT molecular complexity index is 186. The third-order valence-electron chi connectivity index (χ3n) is 1.30. The molecule has 0 radical (unpaired) electrons. The first-order valence-corrected chi connectivity index (χ1v) is 4.32. The molecule has 0 saturated heterocycles. The molecule has 0 unspecified atom stereocenters. The molecule has 0 N–H and O–H groups in total. The minimum absolute atomic E-state index is 0.264. The van der Waals surface area contributed by atoms with Gasteiger partial charge in [0.1, 0.15) is 0 Å². The fraction of sp³-hybridized carbons (Fsp3) is 0.700. The van der Waals surface area contributed by atoms with Crippen LogP contribution in [0, 0.1) is 11.8 Å². The number of carbonyl (C=O) groups excluding carboxylic acids is 1. The third-order valence-corrected chi connectivity index (χ3v) is 1.30. The summed E-state index contributed by atoms with van der Waals surface area (Å²) in [6, 6.07) is 0. The second-order valence-corrected chi connectivity index (χ2v) is 2.68. The van der Waals surface area contributed by atoms with Gasteiger partial charge in [0.25, 0.3) is 0 Å². The van der Waals surface area contributed by atoms with Crippen molar-refractivity contribution in [3.63, 3.8) is 0 Å². The maximum atomic E-state index is 10.5. The Kier molecular flexibility index (Phi) is 6.18. The minimum Gasteiger partial charge on any atom is -0.450 e. The lowest BCUT2D eigenvalue weighted by Gasteiger charge is -2.02. The van der Waals surface area contributed by atoms with Crippen molar-refractivity contribution in [2.45, 2.75) is 46.1 Å². The molecule has 2 heteroatoms. The highest BCUT2D eigenvalue weighted by Gasteiger charge is 1.98. The van der Waals surface area contributed by atoms with E-state index in [0.29, 0.717) is 0 Å². The molecule has 0 saturated carbocycles. The lowest BCUT2D eigenvalue weighted by molar-refractivity contribution is -0.143. The van der Waals surface area contributed by atoms with Crippen LogP contribution >= 0.6 is 0 Å². The molecule has 0 bridgehead atoms. The van der Waals surface area contributed by atoms with Crippen molar-refractivity contribution in [2.24, 2.45) is 0 Å². The number of unbranched alkanes of at least 4 members (excludes halogenated alkanes) is 2. The van der Waals surface area contributed by atoms with Gasteiger partial charge in [0.2, 0.25) is 0 Å². The summed E-state index contributed by atoms with van der Waals surface area (Å²) in [6.45, 7) is 5.29. The van der Waals surface area contributed by atoms with Crippen molar-refractivity contribution in [3.8, 4) is 11.8 Å². The second kappa shape index (κ2) is 6.72. The van der Waals surface area contributed by atoms with Gasteiger partial charge in [-0.1, -0.05) is 25.2 Å². The van der Waals surface area contributed by atoms with Gasteiger partial charge < -0.3 is 4.74 Å². The summed E-state index contributed by atoms with van der Waals surface area (Å²) < 4.78 is 4.82. The van der Waals surface area contributed by atoms with E-state index in [-0.39, 0.29) is 12.1 Å². The normalized spacial score (nSPS) is 11.2. The lowest BCUT2D eigenvalue weighted by atomic mass is 10.2. The van der Waals surface area contributed by atoms with Crippen LogP contribution in [0.15, 0.2) is 0 Å². The average molecular weight is 168 g/mol. The zero-order valence-electron chi connectivity index (χ0n) is 8.02. The van der Waals surface area contributed by atoms with Gasteiger partial charge >= 0.3 is 5.97 Å². The predicted octanol–water partition coefficient (Wildman–Crippen LogP) is 2.13. The Morgan fingerprint density at radius 3 is 2.75 bits per heavy atom. The van der Waals surface area contributed by atoms with Crippen LogP contribution in [0.4, 0.5) is 0 Å². The Labute approximate surface area is 74.3 Å². The summed E-state index contributed by atoms with van der Waals surface area (Å²) in [6.07, 6.45) is 2.89. The maximum Gasteiger partial charge on any atom is 0.303 e. The van der Waals surface area contributed by atoms with E-state index in [1.807, 2.05) is 0 Å². The van der Waals surface area contributed by atoms with Gasteiger partial charge in [-0.15, -0.1) is 0 Å². The smallest absolute Gasteiger partial charge is 0.303 e. The zero-order chi connectivity index (χ0) is 9.40. The summed E-state index contributed by atoms with van der Waals surface area (Å²) in [5.74, 6) is 5.55. The highest BCUT2D eigenvalue weighted by molar-refractivity contribution is 5.66. The van der Waals surface area contributed by atoms with Crippen molar-refractivity contribution >= 4 is 5.97 Å². The van der Waals surface area contributed by atoms with E-state index in [4.69, 9.17) is 4.74 Å². The van der Waals surface area contributed by atoms with Crippen LogP contribution in [-0.2, 0) is 9.53 Å². The van der Waals surface area contributed by atoms with E-state index >= 15 is 0 Å². The molecule has 0 rings (SSSR count). The van der Waals surface area contributed by atoms with Crippen molar-refractivity contribution in [2.75, 3.05) is 0 Å². The molecular formula is C10H16O2. The summed E-state index contributed by atoms with van der Waals surface area (Å²) in [4.78, 5) is 10.5. The van der Waals surface area contributed by atoms with E-state index in [1.54, 1.807) is 6.92 Å². The first-order chi connectivity index (χ1) is 5.66. The van der Waals surface area contributed by atoms with Crippen LogP contribution in [0.3, 0.4) is 0 Å². The molecule has 0 aliphatic heterocycles. The molecule has 2 nitrogen and oxygen atoms in total. The molecule has 0 aromatic carbocycles.